The second-order valence-corrected chi connectivity index (χ2v) is 8.09. The van der Waals surface area contributed by atoms with Gasteiger partial charge in [0, 0.05) is 24.0 Å². The van der Waals surface area contributed by atoms with Crippen LogP contribution in [0.2, 0.25) is 0 Å². The van der Waals surface area contributed by atoms with E-state index >= 15 is 0 Å². The van der Waals surface area contributed by atoms with E-state index in [-0.39, 0.29) is 17.0 Å². The molecule has 3 heterocycles. The van der Waals surface area contributed by atoms with Crippen molar-refractivity contribution in [2.75, 3.05) is 6.54 Å². The lowest BCUT2D eigenvalue weighted by Crippen LogP contribution is -2.41. The Morgan fingerprint density at radius 3 is 2.52 bits per heavy atom. The Bertz CT molecular complexity index is 1080. The fraction of sp³-hybridized carbons (Fsp3) is 0.278. The summed E-state index contributed by atoms with van der Waals surface area (Å²) in [5, 5.41) is 1.12. The summed E-state index contributed by atoms with van der Waals surface area (Å²) in [4.78, 5) is 22.5. The minimum atomic E-state index is -4.52. The van der Waals surface area contributed by atoms with Crippen LogP contribution in [0.15, 0.2) is 34.2 Å². The first-order valence-corrected chi connectivity index (χ1v) is 10.2. The Morgan fingerprint density at radius 1 is 1.21 bits per heavy atom. The number of carbonyl (C=O) groups is 1. The van der Waals surface area contributed by atoms with E-state index in [1.54, 1.807) is 9.47 Å². The number of fused-ring (bicyclic) bond motifs is 1. The Kier molecular flexibility index (Phi) is 4.97. The topological polar surface area (TPSA) is 51.0 Å². The van der Waals surface area contributed by atoms with Gasteiger partial charge in [0.05, 0.1) is 11.7 Å². The fourth-order valence-corrected chi connectivity index (χ4v) is 4.85. The van der Waals surface area contributed by atoms with Gasteiger partial charge in [0.2, 0.25) is 0 Å². The van der Waals surface area contributed by atoms with Crippen molar-refractivity contribution in [1.82, 2.24) is 19.4 Å². The molecule has 0 spiro atoms. The van der Waals surface area contributed by atoms with Gasteiger partial charge in [0.25, 0.3) is 5.91 Å². The highest BCUT2D eigenvalue weighted by molar-refractivity contribution is 9.10. The summed E-state index contributed by atoms with van der Waals surface area (Å²) in [7, 11) is 0. The Balaban J connectivity index is 1.67. The van der Waals surface area contributed by atoms with E-state index in [0.717, 1.165) is 16.7 Å². The van der Waals surface area contributed by atoms with Crippen LogP contribution in [-0.4, -0.2) is 31.9 Å². The molecule has 0 bridgehead atoms. The van der Waals surface area contributed by atoms with Crippen LogP contribution in [0.1, 0.15) is 34.7 Å². The van der Waals surface area contributed by atoms with Gasteiger partial charge in [-0.2, -0.15) is 13.2 Å². The van der Waals surface area contributed by atoms with Gasteiger partial charge in [-0.05, 0) is 47.1 Å². The SMILES string of the molecule is CC1c2c(Br)nc(-c3nc(C(F)(F)F)cs3)n2CCN1C(=O)c1ccc(F)cc1. The summed E-state index contributed by atoms with van der Waals surface area (Å²) < 4.78 is 54.0. The van der Waals surface area contributed by atoms with E-state index in [4.69, 9.17) is 0 Å². The lowest BCUT2D eigenvalue weighted by atomic mass is 10.1. The Hall–Kier alpha value is -2.27. The number of nitrogens with zero attached hydrogens (tertiary/aromatic N) is 4. The molecule has 4 rings (SSSR count). The van der Waals surface area contributed by atoms with Gasteiger partial charge >= 0.3 is 6.18 Å². The standard InChI is InChI=1S/C18H13BrF4N4OS/c1-9-13-14(19)25-15(16-24-12(8-29-16)18(21,22)23)27(13)7-6-26(9)17(28)10-2-4-11(20)5-3-10/h2-5,8-9H,6-7H2,1H3. The molecule has 1 aliphatic rings. The zero-order valence-corrected chi connectivity index (χ0v) is 17.3. The molecular weight excluding hydrogens is 476 g/mol. The third-order valence-electron chi connectivity index (χ3n) is 4.73. The number of aromatic nitrogens is 3. The van der Waals surface area contributed by atoms with Gasteiger partial charge in [0.15, 0.2) is 16.5 Å². The zero-order chi connectivity index (χ0) is 20.9. The first kappa shape index (κ1) is 20.0. The molecule has 0 fully saturated rings. The Labute approximate surface area is 175 Å². The molecule has 0 radical (unpaired) electrons. The first-order chi connectivity index (χ1) is 13.7. The number of halogens is 5. The van der Waals surface area contributed by atoms with Crippen LogP contribution in [0.4, 0.5) is 17.6 Å². The number of hydrogen-bond acceptors (Lipinski definition) is 4. The van der Waals surface area contributed by atoms with E-state index in [9.17, 15) is 22.4 Å². The maximum Gasteiger partial charge on any atom is 0.434 e. The van der Waals surface area contributed by atoms with Crippen molar-refractivity contribution >= 4 is 33.2 Å². The van der Waals surface area contributed by atoms with E-state index in [1.807, 2.05) is 6.92 Å². The largest absolute Gasteiger partial charge is 0.434 e. The van der Waals surface area contributed by atoms with Crippen molar-refractivity contribution in [3.63, 3.8) is 0 Å². The van der Waals surface area contributed by atoms with Crippen LogP contribution < -0.4 is 0 Å². The van der Waals surface area contributed by atoms with Crippen molar-refractivity contribution in [3.8, 4) is 10.8 Å². The molecule has 5 nitrogen and oxygen atoms in total. The third kappa shape index (κ3) is 3.57. The molecule has 1 aromatic carbocycles. The lowest BCUT2D eigenvalue weighted by Gasteiger charge is -2.35. The number of hydrogen-bond donors (Lipinski definition) is 0. The number of alkyl halides is 3. The molecule has 1 aliphatic heterocycles. The summed E-state index contributed by atoms with van der Waals surface area (Å²) in [5.74, 6) is -0.361. The average Bonchev–Trinajstić information content (AvgIpc) is 3.27. The summed E-state index contributed by atoms with van der Waals surface area (Å²) >= 11 is 4.24. The van der Waals surface area contributed by atoms with Crippen LogP contribution in [0.3, 0.4) is 0 Å². The van der Waals surface area contributed by atoms with Crippen molar-refractivity contribution < 1.29 is 22.4 Å². The van der Waals surface area contributed by atoms with Gasteiger partial charge in [-0.25, -0.2) is 14.4 Å². The van der Waals surface area contributed by atoms with Crippen molar-refractivity contribution in [1.29, 1.82) is 0 Å². The molecule has 0 N–H and O–H groups in total. The summed E-state index contributed by atoms with van der Waals surface area (Å²) in [5.41, 5.74) is 0.0747. The zero-order valence-electron chi connectivity index (χ0n) is 14.9. The number of carbonyl (C=O) groups excluding carboxylic acids is 1. The maximum atomic E-state index is 13.1. The summed E-state index contributed by atoms with van der Waals surface area (Å²) in [6.07, 6.45) is -4.52. The van der Waals surface area contributed by atoms with Crippen LogP contribution >= 0.6 is 27.3 Å². The smallest absolute Gasteiger partial charge is 0.328 e. The van der Waals surface area contributed by atoms with E-state index in [1.165, 1.54) is 24.3 Å². The van der Waals surface area contributed by atoms with Crippen molar-refractivity contribution in [2.45, 2.75) is 25.7 Å². The second-order valence-electron chi connectivity index (χ2n) is 6.48. The molecule has 3 aromatic rings. The van der Waals surface area contributed by atoms with Gasteiger partial charge < -0.3 is 9.47 Å². The van der Waals surface area contributed by atoms with Gasteiger partial charge in [-0.1, -0.05) is 0 Å². The average molecular weight is 489 g/mol. The maximum absolute atomic E-state index is 13.1. The molecule has 2 aromatic heterocycles. The number of thiazole rings is 1. The van der Waals surface area contributed by atoms with Gasteiger partial charge in [-0.3, -0.25) is 4.79 Å². The molecule has 1 amide bonds. The minimum absolute atomic E-state index is 0.162. The highest BCUT2D eigenvalue weighted by Crippen LogP contribution is 2.38. The number of amides is 1. The van der Waals surface area contributed by atoms with E-state index in [0.29, 0.717) is 34.8 Å². The molecule has 152 valence electrons. The van der Waals surface area contributed by atoms with Crippen molar-refractivity contribution in [3.05, 3.63) is 57.0 Å². The first-order valence-electron chi connectivity index (χ1n) is 8.52. The second kappa shape index (κ2) is 7.21. The molecule has 1 atom stereocenters. The summed E-state index contributed by atoms with van der Waals surface area (Å²) in [6, 6.07) is 4.90. The third-order valence-corrected chi connectivity index (χ3v) is 6.15. The lowest BCUT2D eigenvalue weighted by molar-refractivity contribution is -0.140. The van der Waals surface area contributed by atoms with Crippen LogP contribution in [0.25, 0.3) is 10.8 Å². The molecule has 0 saturated heterocycles. The highest BCUT2D eigenvalue weighted by atomic mass is 79.9. The predicted molar refractivity (Wildman–Crippen MR) is 102 cm³/mol. The molecule has 1 unspecified atom stereocenters. The quantitative estimate of drug-likeness (QED) is 0.469. The van der Waals surface area contributed by atoms with E-state index < -0.39 is 17.7 Å². The molecule has 29 heavy (non-hydrogen) atoms. The van der Waals surface area contributed by atoms with Gasteiger partial charge in [-0.15, -0.1) is 11.3 Å². The molecule has 0 saturated carbocycles. The minimum Gasteiger partial charge on any atom is -0.328 e. The fourth-order valence-electron chi connectivity index (χ4n) is 3.31. The number of imidazole rings is 1. The number of benzene rings is 1. The van der Waals surface area contributed by atoms with Crippen LogP contribution in [0.5, 0.6) is 0 Å². The van der Waals surface area contributed by atoms with Crippen molar-refractivity contribution in [2.24, 2.45) is 0 Å². The summed E-state index contributed by atoms with van der Waals surface area (Å²) in [6.45, 7) is 2.49. The number of rotatable bonds is 2. The molecule has 11 heteroatoms. The van der Waals surface area contributed by atoms with Crippen LogP contribution in [-0.2, 0) is 12.7 Å². The normalized spacial score (nSPS) is 16.8. The highest BCUT2D eigenvalue weighted by Gasteiger charge is 2.36. The predicted octanol–water partition coefficient (Wildman–Crippen LogP) is 5.14. The molecule has 0 aliphatic carbocycles. The van der Waals surface area contributed by atoms with Gasteiger partial charge in [0.1, 0.15) is 10.4 Å². The monoisotopic (exact) mass is 488 g/mol. The molecular formula is C18H13BrF4N4OS. The van der Waals surface area contributed by atoms with Crippen LogP contribution in [0, 0.1) is 5.82 Å². The van der Waals surface area contributed by atoms with E-state index in [2.05, 4.69) is 25.9 Å². The Morgan fingerprint density at radius 2 is 1.90 bits per heavy atom.